The molecule has 0 aliphatic carbocycles. The number of rotatable bonds is 5. The van der Waals surface area contributed by atoms with E-state index >= 15 is 0 Å². The smallest absolute Gasteiger partial charge is 0.0233 e. The minimum absolute atomic E-state index is 0. The number of hydrogen-bond donors (Lipinski definition) is 1. The Morgan fingerprint density at radius 3 is 2.67 bits per heavy atom. The van der Waals surface area contributed by atoms with Crippen molar-refractivity contribution in [1.82, 2.24) is 10.2 Å². The van der Waals surface area contributed by atoms with Gasteiger partial charge in [-0.25, -0.2) is 0 Å². The van der Waals surface area contributed by atoms with Crippen LogP contribution in [-0.4, -0.2) is 37.8 Å². The minimum Gasteiger partial charge on any atom is -0.319 e. The quantitative estimate of drug-likeness (QED) is 0.838. The lowest BCUT2D eigenvalue weighted by Crippen LogP contribution is -2.24. The summed E-state index contributed by atoms with van der Waals surface area (Å²) >= 11 is 1.81. The molecule has 0 bridgehead atoms. The van der Waals surface area contributed by atoms with Crippen molar-refractivity contribution in [3.8, 4) is 0 Å². The molecule has 1 atom stereocenters. The highest BCUT2D eigenvalue weighted by Gasteiger charge is 2.21. The van der Waals surface area contributed by atoms with E-state index < -0.39 is 0 Å². The van der Waals surface area contributed by atoms with Gasteiger partial charge in [0.05, 0.1) is 0 Å². The Balaban J connectivity index is 0.00000162. The predicted octanol–water partition coefficient (Wildman–Crippen LogP) is 2.87. The summed E-state index contributed by atoms with van der Waals surface area (Å²) in [6.45, 7) is 4.75. The number of benzene rings is 1. The fourth-order valence-corrected chi connectivity index (χ4v) is 2.91. The predicted molar refractivity (Wildman–Crippen MR) is 82.8 cm³/mol. The zero-order valence-corrected chi connectivity index (χ0v) is 12.8. The van der Waals surface area contributed by atoms with E-state index in [4.69, 9.17) is 0 Å². The Hall–Kier alpha value is -0.220. The van der Waals surface area contributed by atoms with Gasteiger partial charge in [-0.3, -0.25) is 4.90 Å². The highest BCUT2D eigenvalue weighted by molar-refractivity contribution is 7.98. The lowest BCUT2D eigenvalue weighted by atomic mass is 10.1. The second-order valence-electron chi connectivity index (χ2n) is 4.80. The molecular weight excluding hydrogens is 264 g/mol. The van der Waals surface area contributed by atoms with E-state index in [-0.39, 0.29) is 12.4 Å². The summed E-state index contributed by atoms with van der Waals surface area (Å²) in [6.07, 6.45) is 3.46. The van der Waals surface area contributed by atoms with Gasteiger partial charge in [0.15, 0.2) is 0 Å². The molecule has 2 nitrogen and oxygen atoms in total. The summed E-state index contributed by atoms with van der Waals surface area (Å²) in [6, 6.07) is 8.97. The Labute approximate surface area is 121 Å². The average molecular weight is 287 g/mol. The maximum Gasteiger partial charge on any atom is 0.0233 e. The number of nitrogens with one attached hydrogen (secondary N) is 1. The standard InChI is InChI=1S/C14H22N2S.ClH/c1-15-9-13-7-8-16(11-13)10-12-3-5-14(17-2)6-4-12;/h3-6,13,15H,7-11H2,1-2H3;1H. The van der Waals surface area contributed by atoms with Crippen molar-refractivity contribution in [1.29, 1.82) is 0 Å². The molecule has 1 aromatic rings. The van der Waals surface area contributed by atoms with Gasteiger partial charge in [0, 0.05) is 18.0 Å². The number of hydrogen-bond acceptors (Lipinski definition) is 3. The normalized spacial score (nSPS) is 19.8. The van der Waals surface area contributed by atoms with Crippen LogP contribution >= 0.6 is 24.2 Å². The molecule has 1 aliphatic heterocycles. The van der Waals surface area contributed by atoms with Crippen LogP contribution in [0.3, 0.4) is 0 Å². The highest BCUT2D eigenvalue weighted by atomic mass is 35.5. The second-order valence-corrected chi connectivity index (χ2v) is 5.68. The average Bonchev–Trinajstić information content (AvgIpc) is 2.78. The van der Waals surface area contributed by atoms with Crippen LogP contribution in [0.1, 0.15) is 12.0 Å². The largest absolute Gasteiger partial charge is 0.319 e. The summed E-state index contributed by atoms with van der Waals surface area (Å²) in [5.41, 5.74) is 1.44. The molecule has 1 heterocycles. The van der Waals surface area contributed by atoms with Crippen molar-refractivity contribution in [3.05, 3.63) is 29.8 Å². The molecule has 2 rings (SSSR count). The zero-order chi connectivity index (χ0) is 12.1. The van der Waals surface area contributed by atoms with Gasteiger partial charge in [0.25, 0.3) is 0 Å². The third-order valence-corrected chi connectivity index (χ3v) is 4.17. The Bertz CT molecular complexity index is 342. The lowest BCUT2D eigenvalue weighted by molar-refractivity contribution is 0.315. The summed E-state index contributed by atoms with van der Waals surface area (Å²) < 4.78 is 0. The van der Waals surface area contributed by atoms with Crippen LogP contribution in [0, 0.1) is 5.92 Å². The molecule has 1 saturated heterocycles. The SMILES string of the molecule is CNCC1CCN(Cc2ccc(SC)cc2)C1.Cl. The van der Waals surface area contributed by atoms with Crippen molar-refractivity contribution in [3.63, 3.8) is 0 Å². The number of thioether (sulfide) groups is 1. The first-order valence-electron chi connectivity index (χ1n) is 6.31. The maximum atomic E-state index is 3.28. The van der Waals surface area contributed by atoms with Crippen LogP contribution in [0.25, 0.3) is 0 Å². The summed E-state index contributed by atoms with van der Waals surface area (Å²) in [4.78, 5) is 3.92. The van der Waals surface area contributed by atoms with Crippen molar-refractivity contribution in [2.75, 3.05) is 32.9 Å². The fraction of sp³-hybridized carbons (Fsp3) is 0.571. The van der Waals surface area contributed by atoms with Crippen LogP contribution in [0.2, 0.25) is 0 Å². The molecule has 0 saturated carbocycles. The third kappa shape index (κ3) is 4.47. The van der Waals surface area contributed by atoms with Crippen molar-refractivity contribution in [2.24, 2.45) is 5.92 Å². The van der Waals surface area contributed by atoms with Gasteiger partial charge < -0.3 is 5.32 Å². The maximum absolute atomic E-state index is 3.28. The second kappa shape index (κ2) is 8.05. The first kappa shape index (κ1) is 15.8. The summed E-state index contributed by atoms with van der Waals surface area (Å²) in [5, 5.41) is 3.28. The van der Waals surface area contributed by atoms with Gasteiger partial charge in [-0.15, -0.1) is 24.2 Å². The van der Waals surface area contributed by atoms with Crippen LogP contribution in [0.4, 0.5) is 0 Å². The molecule has 0 spiro atoms. The van der Waals surface area contributed by atoms with Gasteiger partial charge in [-0.1, -0.05) is 12.1 Å². The molecule has 18 heavy (non-hydrogen) atoms. The molecule has 0 amide bonds. The molecule has 1 aromatic carbocycles. The van der Waals surface area contributed by atoms with Gasteiger partial charge >= 0.3 is 0 Å². The lowest BCUT2D eigenvalue weighted by Gasteiger charge is -2.16. The molecule has 1 fully saturated rings. The minimum atomic E-state index is 0. The molecule has 1 aliphatic rings. The number of nitrogens with zero attached hydrogens (tertiary/aromatic N) is 1. The van der Waals surface area contributed by atoms with E-state index in [9.17, 15) is 0 Å². The molecule has 102 valence electrons. The van der Waals surface area contributed by atoms with E-state index in [1.54, 1.807) is 11.8 Å². The first-order chi connectivity index (χ1) is 8.31. The Morgan fingerprint density at radius 1 is 1.33 bits per heavy atom. The monoisotopic (exact) mass is 286 g/mol. The van der Waals surface area contributed by atoms with E-state index in [1.807, 2.05) is 7.05 Å². The van der Waals surface area contributed by atoms with Crippen molar-refractivity contribution >= 4 is 24.2 Å². The summed E-state index contributed by atoms with van der Waals surface area (Å²) in [7, 11) is 2.05. The van der Waals surface area contributed by atoms with Gasteiger partial charge in [-0.05, 0) is 56.4 Å². The van der Waals surface area contributed by atoms with Crippen LogP contribution in [0.5, 0.6) is 0 Å². The van der Waals surface area contributed by atoms with Crippen LogP contribution < -0.4 is 5.32 Å². The van der Waals surface area contributed by atoms with E-state index in [2.05, 4.69) is 40.7 Å². The van der Waals surface area contributed by atoms with E-state index in [0.29, 0.717) is 0 Å². The zero-order valence-electron chi connectivity index (χ0n) is 11.2. The van der Waals surface area contributed by atoms with Crippen molar-refractivity contribution < 1.29 is 0 Å². The fourth-order valence-electron chi connectivity index (χ4n) is 2.50. The Morgan fingerprint density at radius 2 is 2.06 bits per heavy atom. The van der Waals surface area contributed by atoms with Gasteiger partial charge in [0.2, 0.25) is 0 Å². The topological polar surface area (TPSA) is 15.3 Å². The van der Waals surface area contributed by atoms with Gasteiger partial charge in [0.1, 0.15) is 0 Å². The van der Waals surface area contributed by atoms with Crippen LogP contribution in [0.15, 0.2) is 29.2 Å². The number of halogens is 1. The molecule has 1 N–H and O–H groups in total. The molecule has 0 radical (unpaired) electrons. The summed E-state index contributed by atoms with van der Waals surface area (Å²) in [5.74, 6) is 0.838. The van der Waals surface area contributed by atoms with Crippen LogP contribution in [-0.2, 0) is 6.54 Å². The van der Waals surface area contributed by atoms with E-state index in [0.717, 1.165) is 19.0 Å². The molecular formula is C14H23ClN2S. The highest BCUT2D eigenvalue weighted by Crippen LogP contribution is 2.20. The molecule has 1 unspecified atom stereocenters. The van der Waals surface area contributed by atoms with Crippen molar-refractivity contribution in [2.45, 2.75) is 17.9 Å². The van der Waals surface area contributed by atoms with Gasteiger partial charge in [-0.2, -0.15) is 0 Å². The first-order valence-corrected chi connectivity index (χ1v) is 7.54. The third-order valence-electron chi connectivity index (χ3n) is 3.43. The van der Waals surface area contributed by atoms with E-state index in [1.165, 1.54) is 30.0 Å². The number of likely N-dealkylation sites (tertiary alicyclic amines) is 1. The Kier molecular flexibility index (Phi) is 7.08. The molecule has 4 heteroatoms. The molecule has 0 aromatic heterocycles.